The van der Waals surface area contributed by atoms with Gasteiger partial charge >= 0.3 is 0 Å². The quantitative estimate of drug-likeness (QED) is 0.540. The molecule has 0 saturated heterocycles. The van der Waals surface area contributed by atoms with Gasteiger partial charge in [-0.15, -0.1) is 0 Å². The van der Waals surface area contributed by atoms with Crippen molar-refractivity contribution in [2.75, 3.05) is 12.5 Å². The highest BCUT2D eigenvalue weighted by Gasteiger charge is 1.98. The first-order chi connectivity index (χ1) is 5.90. The first-order valence-corrected chi connectivity index (χ1v) is 3.49. The molecule has 0 radical (unpaired) electrons. The molecule has 2 rings (SSSR count). The molecule has 0 aromatic carbocycles. The van der Waals surface area contributed by atoms with E-state index in [1.54, 1.807) is 19.6 Å². The van der Waals surface area contributed by atoms with Crippen LogP contribution >= 0.6 is 0 Å². The Hall–Kier alpha value is -1.69. The number of nitrogens with one attached hydrogen (secondary N) is 3. The number of imidazole rings is 1. The maximum atomic E-state index is 4.10. The van der Waals surface area contributed by atoms with Crippen LogP contribution in [0.1, 0.15) is 0 Å². The third-order valence-corrected chi connectivity index (χ3v) is 1.41. The number of hydrogen-bond donors (Lipinski definition) is 3. The van der Waals surface area contributed by atoms with Gasteiger partial charge in [-0.05, 0) is 0 Å². The van der Waals surface area contributed by atoms with Crippen molar-refractivity contribution >= 4 is 17.1 Å². The summed E-state index contributed by atoms with van der Waals surface area (Å²) in [5.74, 6) is 0.511. The van der Waals surface area contributed by atoms with Crippen molar-refractivity contribution in [3.05, 3.63) is 12.5 Å². The minimum Gasteiger partial charge on any atom is -0.342 e. The van der Waals surface area contributed by atoms with E-state index in [0.717, 1.165) is 5.52 Å². The minimum atomic E-state index is 0.511. The van der Waals surface area contributed by atoms with Gasteiger partial charge in [-0.25, -0.2) is 15.4 Å². The Morgan fingerprint density at radius 3 is 3.17 bits per heavy atom. The zero-order valence-corrected chi connectivity index (χ0v) is 6.50. The topological polar surface area (TPSA) is 78.5 Å². The predicted molar refractivity (Wildman–Crippen MR) is 44.4 cm³/mol. The normalized spacial score (nSPS) is 10.4. The number of hydrazine groups is 1. The molecule has 0 fully saturated rings. The zero-order valence-electron chi connectivity index (χ0n) is 6.50. The van der Waals surface area contributed by atoms with Crippen molar-refractivity contribution in [1.29, 1.82) is 0 Å². The van der Waals surface area contributed by atoms with Gasteiger partial charge in [0.25, 0.3) is 0 Å². The predicted octanol–water partition coefficient (Wildman–Crippen LogP) is -0.101. The summed E-state index contributed by atoms with van der Waals surface area (Å²) < 4.78 is 0. The number of hydrogen-bond acceptors (Lipinski definition) is 5. The van der Waals surface area contributed by atoms with Crippen LogP contribution in [0, 0.1) is 0 Å². The van der Waals surface area contributed by atoms with E-state index < -0.39 is 0 Å². The summed E-state index contributed by atoms with van der Waals surface area (Å²) in [7, 11) is 1.75. The largest absolute Gasteiger partial charge is 0.342 e. The van der Waals surface area contributed by atoms with E-state index in [-0.39, 0.29) is 0 Å². The van der Waals surface area contributed by atoms with Gasteiger partial charge in [0, 0.05) is 7.05 Å². The first-order valence-electron chi connectivity index (χ1n) is 3.49. The molecule has 0 unspecified atom stereocenters. The smallest absolute Gasteiger partial charge is 0.239 e. The molecule has 0 amide bonds. The molecule has 0 aliphatic carbocycles. The fourth-order valence-electron chi connectivity index (χ4n) is 0.908. The van der Waals surface area contributed by atoms with Gasteiger partial charge in [-0.2, -0.15) is 4.98 Å². The monoisotopic (exact) mass is 164 g/mol. The summed E-state index contributed by atoms with van der Waals surface area (Å²) in [4.78, 5) is 15.0. The third kappa shape index (κ3) is 1.08. The number of rotatable bonds is 2. The van der Waals surface area contributed by atoms with Crippen molar-refractivity contribution in [2.45, 2.75) is 0 Å². The van der Waals surface area contributed by atoms with E-state index in [0.29, 0.717) is 11.6 Å². The van der Waals surface area contributed by atoms with Crippen LogP contribution in [0.5, 0.6) is 0 Å². The summed E-state index contributed by atoms with van der Waals surface area (Å²) in [6.07, 6.45) is 3.26. The van der Waals surface area contributed by atoms with Crippen molar-refractivity contribution < 1.29 is 0 Å². The summed E-state index contributed by atoms with van der Waals surface area (Å²) >= 11 is 0. The highest BCUT2D eigenvalue weighted by atomic mass is 15.4. The lowest BCUT2D eigenvalue weighted by molar-refractivity contribution is 0.943. The molecule has 0 bridgehead atoms. The van der Waals surface area contributed by atoms with E-state index >= 15 is 0 Å². The van der Waals surface area contributed by atoms with E-state index in [4.69, 9.17) is 0 Å². The Morgan fingerprint density at radius 2 is 2.33 bits per heavy atom. The fourth-order valence-corrected chi connectivity index (χ4v) is 0.908. The molecule has 0 atom stereocenters. The second kappa shape index (κ2) is 2.74. The summed E-state index contributed by atoms with van der Waals surface area (Å²) in [6.45, 7) is 0. The van der Waals surface area contributed by atoms with Crippen LogP contribution in [-0.2, 0) is 0 Å². The van der Waals surface area contributed by atoms with Crippen LogP contribution in [0.3, 0.4) is 0 Å². The minimum absolute atomic E-state index is 0.511. The zero-order chi connectivity index (χ0) is 8.39. The van der Waals surface area contributed by atoms with Gasteiger partial charge in [0.05, 0.1) is 12.5 Å². The van der Waals surface area contributed by atoms with Gasteiger partial charge in [0.1, 0.15) is 5.52 Å². The number of aromatic amines is 1. The lowest BCUT2D eigenvalue weighted by Gasteiger charge is -1.99. The van der Waals surface area contributed by atoms with Crippen LogP contribution in [-0.4, -0.2) is 27.0 Å². The van der Waals surface area contributed by atoms with Crippen LogP contribution < -0.4 is 10.9 Å². The number of anilines is 1. The molecule has 2 heterocycles. The standard InChI is InChI=1S/C6H8N6/c1-7-12-6-8-2-4-5(11-6)10-3-9-4/h2-3,7H,1H3,(H2,8,9,10,11,12). The van der Waals surface area contributed by atoms with Crippen molar-refractivity contribution in [1.82, 2.24) is 25.4 Å². The summed E-state index contributed by atoms with van der Waals surface area (Å²) in [5, 5.41) is 0. The molecule has 0 saturated carbocycles. The van der Waals surface area contributed by atoms with Crippen LogP contribution in [0.4, 0.5) is 5.95 Å². The fraction of sp³-hybridized carbons (Fsp3) is 0.167. The van der Waals surface area contributed by atoms with Crippen molar-refractivity contribution in [3.8, 4) is 0 Å². The lowest BCUT2D eigenvalue weighted by Crippen LogP contribution is -2.17. The van der Waals surface area contributed by atoms with Crippen LogP contribution in [0.15, 0.2) is 12.5 Å². The lowest BCUT2D eigenvalue weighted by atomic mass is 10.6. The second-order valence-electron chi connectivity index (χ2n) is 2.21. The Kier molecular flexibility index (Phi) is 1.60. The van der Waals surface area contributed by atoms with Gasteiger partial charge in [0.2, 0.25) is 5.95 Å². The molecule has 12 heavy (non-hydrogen) atoms. The van der Waals surface area contributed by atoms with Crippen molar-refractivity contribution in [2.24, 2.45) is 0 Å². The second-order valence-corrected chi connectivity index (χ2v) is 2.21. The van der Waals surface area contributed by atoms with Gasteiger partial charge < -0.3 is 4.98 Å². The summed E-state index contributed by atoms with van der Waals surface area (Å²) in [6, 6.07) is 0. The van der Waals surface area contributed by atoms with E-state index in [1.165, 1.54) is 0 Å². The third-order valence-electron chi connectivity index (χ3n) is 1.41. The Labute approximate surface area is 68.4 Å². The van der Waals surface area contributed by atoms with Crippen molar-refractivity contribution in [3.63, 3.8) is 0 Å². The maximum Gasteiger partial charge on any atom is 0.239 e. The number of nitrogens with zero attached hydrogens (tertiary/aromatic N) is 3. The Bertz CT molecular complexity index is 380. The van der Waals surface area contributed by atoms with Gasteiger partial charge in [-0.1, -0.05) is 0 Å². The van der Waals surface area contributed by atoms with E-state index in [9.17, 15) is 0 Å². The first kappa shape index (κ1) is 6.99. The van der Waals surface area contributed by atoms with E-state index in [2.05, 4.69) is 30.8 Å². The molecule has 6 nitrogen and oxygen atoms in total. The molecule has 6 heteroatoms. The molecule has 0 aliphatic rings. The average Bonchev–Trinajstić information content (AvgIpc) is 2.51. The Balaban J connectivity index is 2.46. The SMILES string of the molecule is CNNc1ncc2[nH]cnc2n1. The molecule has 3 N–H and O–H groups in total. The van der Waals surface area contributed by atoms with Crippen LogP contribution in [0.2, 0.25) is 0 Å². The molecular formula is C6H8N6. The highest BCUT2D eigenvalue weighted by Crippen LogP contribution is 2.05. The summed E-state index contributed by atoms with van der Waals surface area (Å²) in [5.41, 5.74) is 6.98. The number of H-pyrrole nitrogens is 1. The molecule has 0 spiro atoms. The molecular weight excluding hydrogens is 156 g/mol. The number of aromatic nitrogens is 4. The molecule has 2 aromatic heterocycles. The highest BCUT2D eigenvalue weighted by molar-refractivity contribution is 5.69. The molecule has 62 valence electrons. The van der Waals surface area contributed by atoms with Crippen LogP contribution in [0.25, 0.3) is 11.2 Å². The van der Waals surface area contributed by atoms with E-state index in [1.807, 2.05) is 0 Å². The maximum absolute atomic E-state index is 4.10. The van der Waals surface area contributed by atoms with Gasteiger partial charge in [-0.3, -0.25) is 5.43 Å². The Morgan fingerprint density at radius 1 is 1.42 bits per heavy atom. The molecule has 0 aliphatic heterocycles. The number of fused-ring (bicyclic) bond motifs is 1. The van der Waals surface area contributed by atoms with Gasteiger partial charge in [0.15, 0.2) is 5.65 Å². The average molecular weight is 164 g/mol. The molecule has 2 aromatic rings.